The Bertz CT molecular complexity index is 499. The molecule has 2 amide bonds. The lowest BCUT2D eigenvalue weighted by molar-refractivity contribution is -0.138. The van der Waals surface area contributed by atoms with Crippen molar-refractivity contribution >= 4 is 29.9 Å². The summed E-state index contributed by atoms with van der Waals surface area (Å²) in [6, 6.07) is 8.69. The van der Waals surface area contributed by atoms with Crippen molar-refractivity contribution in [3.05, 3.63) is 30.3 Å². The van der Waals surface area contributed by atoms with Crippen LogP contribution in [0.25, 0.3) is 0 Å². The summed E-state index contributed by atoms with van der Waals surface area (Å²) in [5.41, 5.74) is 0.784. The number of hydrogen-bond donors (Lipinski definition) is 1. The van der Waals surface area contributed by atoms with Crippen molar-refractivity contribution in [2.45, 2.75) is 12.5 Å². The molecule has 1 saturated heterocycles. The Hall–Kier alpha value is -1.66. The van der Waals surface area contributed by atoms with Gasteiger partial charge in [0.1, 0.15) is 6.67 Å². The number of nitrogens with zero attached hydrogens (tertiary/aromatic N) is 2. The van der Waals surface area contributed by atoms with Crippen LogP contribution in [0.5, 0.6) is 0 Å². The number of hydrogen-bond acceptors (Lipinski definition) is 3. The Balaban J connectivity index is 0.00000242. The van der Waals surface area contributed by atoms with Gasteiger partial charge >= 0.3 is 0 Å². The number of carbonyl (C=O) groups is 2. The summed E-state index contributed by atoms with van der Waals surface area (Å²) >= 11 is 0. The van der Waals surface area contributed by atoms with Crippen molar-refractivity contribution in [3.63, 3.8) is 0 Å². The molecule has 5 nitrogen and oxygen atoms in total. The summed E-state index contributed by atoms with van der Waals surface area (Å²) in [6.07, 6.45) is 0.0764. The smallest absolute Gasteiger partial charge is 0.240 e. The average molecular weight is 330 g/mol. The lowest BCUT2D eigenvalue weighted by Gasteiger charge is -2.33. The lowest BCUT2D eigenvalue weighted by atomic mass is 10.1. The van der Waals surface area contributed by atoms with Gasteiger partial charge in [-0.05, 0) is 12.1 Å². The number of piperazine rings is 1. The van der Waals surface area contributed by atoms with Gasteiger partial charge in [-0.3, -0.25) is 9.59 Å². The number of alkyl halides is 1. The molecule has 0 saturated carbocycles. The molecule has 2 rings (SSSR count). The van der Waals surface area contributed by atoms with Crippen LogP contribution in [-0.4, -0.2) is 56.1 Å². The topological polar surface area (TPSA) is 52.7 Å². The zero-order chi connectivity index (χ0) is 15.2. The molecule has 1 fully saturated rings. The summed E-state index contributed by atoms with van der Waals surface area (Å²) < 4.78 is 12.4. The Morgan fingerprint density at radius 1 is 1.41 bits per heavy atom. The third kappa shape index (κ3) is 4.42. The van der Waals surface area contributed by atoms with Gasteiger partial charge in [-0.1, -0.05) is 18.2 Å². The summed E-state index contributed by atoms with van der Waals surface area (Å²) in [6.45, 7) is 0.608. The number of para-hydroxylation sites is 1. The second kappa shape index (κ2) is 8.70. The van der Waals surface area contributed by atoms with E-state index in [0.29, 0.717) is 13.1 Å². The molecule has 1 atom stereocenters. The Labute approximate surface area is 135 Å². The Kier molecular flexibility index (Phi) is 7.27. The summed E-state index contributed by atoms with van der Waals surface area (Å²) in [5, 5.41) is 3.03. The normalized spacial score (nSPS) is 17.8. The van der Waals surface area contributed by atoms with E-state index in [0.717, 1.165) is 5.69 Å². The van der Waals surface area contributed by atoms with Crippen molar-refractivity contribution in [2.75, 3.05) is 38.3 Å². The van der Waals surface area contributed by atoms with Crippen LogP contribution in [0.2, 0.25) is 0 Å². The van der Waals surface area contributed by atoms with Gasteiger partial charge in [0.05, 0.1) is 12.5 Å². The maximum Gasteiger partial charge on any atom is 0.240 e. The monoisotopic (exact) mass is 329 g/mol. The molecule has 1 N–H and O–H groups in total. The molecule has 22 heavy (non-hydrogen) atoms. The largest absolute Gasteiger partial charge is 0.337 e. The van der Waals surface area contributed by atoms with Crippen LogP contribution >= 0.6 is 12.4 Å². The van der Waals surface area contributed by atoms with Gasteiger partial charge in [0, 0.05) is 32.4 Å². The van der Waals surface area contributed by atoms with E-state index in [1.807, 2.05) is 30.3 Å². The minimum Gasteiger partial charge on any atom is -0.337 e. The number of benzene rings is 1. The number of carbonyl (C=O) groups excluding carboxylic acids is 2. The maximum absolute atomic E-state index is 12.4. The van der Waals surface area contributed by atoms with Gasteiger partial charge in [-0.15, -0.1) is 12.4 Å². The number of rotatable bonds is 5. The highest BCUT2D eigenvalue weighted by atomic mass is 35.5. The standard InChI is InChI=1S/C15H20FN3O2.ClH/c1-18(12-5-3-2-4-6-12)14(20)11-13-15(21)19(9-7-16)10-8-17-13;/h2-6,13,17H,7-11H2,1H3;1H. The predicted molar refractivity (Wildman–Crippen MR) is 86.1 cm³/mol. The molecule has 1 aromatic carbocycles. The average Bonchev–Trinajstić information content (AvgIpc) is 2.51. The second-order valence-electron chi connectivity index (χ2n) is 5.01. The van der Waals surface area contributed by atoms with Crippen molar-refractivity contribution in [3.8, 4) is 0 Å². The first-order valence-electron chi connectivity index (χ1n) is 7.03. The third-order valence-corrected chi connectivity index (χ3v) is 3.63. The molecule has 0 aliphatic carbocycles. The van der Waals surface area contributed by atoms with Gasteiger partial charge in [0.25, 0.3) is 0 Å². The van der Waals surface area contributed by atoms with Crippen molar-refractivity contribution in [2.24, 2.45) is 0 Å². The van der Waals surface area contributed by atoms with E-state index in [1.54, 1.807) is 7.05 Å². The molecule has 1 heterocycles. The fraction of sp³-hybridized carbons (Fsp3) is 0.467. The van der Waals surface area contributed by atoms with E-state index in [1.165, 1.54) is 9.80 Å². The first kappa shape index (κ1) is 18.4. The Morgan fingerprint density at radius 3 is 2.73 bits per heavy atom. The van der Waals surface area contributed by atoms with Crippen LogP contribution in [0.15, 0.2) is 30.3 Å². The van der Waals surface area contributed by atoms with E-state index in [9.17, 15) is 14.0 Å². The Morgan fingerprint density at radius 2 is 2.09 bits per heavy atom. The molecule has 1 unspecified atom stereocenters. The van der Waals surface area contributed by atoms with Gasteiger partial charge in [-0.25, -0.2) is 4.39 Å². The molecule has 1 aliphatic rings. The third-order valence-electron chi connectivity index (χ3n) is 3.63. The highest BCUT2D eigenvalue weighted by Gasteiger charge is 2.30. The van der Waals surface area contributed by atoms with Crippen LogP contribution in [-0.2, 0) is 9.59 Å². The second-order valence-corrected chi connectivity index (χ2v) is 5.01. The van der Waals surface area contributed by atoms with Crippen molar-refractivity contribution < 1.29 is 14.0 Å². The molecular formula is C15H21ClFN3O2. The van der Waals surface area contributed by atoms with Crippen LogP contribution in [0.1, 0.15) is 6.42 Å². The van der Waals surface area contributed by atoms with E-state index in [-0.39, 0.29) is 37.2 Å². The van der Waals surface area contributed by atoms with Crippen LogP contribution in [0.4, 0.5) is 10.1 Å². The molecule has 1 aliphatic heterocycles. The van der Waals surface area contributed by atoms with Crippen LogP contribution in [0.3, 0.4) is 0 Å². The molecular weight excluding hydrogens is 309 g/mol. The zero-order valence-electron chi connectivity index (χ0n) is 12.5. The lowest BCUT2D eigenvalue weighted by Crippen LogP contribution is -2.56. The van der Waals surface area contributed by atoms with Crippen LogP contribution < -0.4 is 10.2 Å². The molecule has 0 radical (unpaired) electrons. The first-order chi connectivity index (χ1) is 10.1. The summed E-state index contributed by atoms with van der Waals surface area (Å²) in [4.78, 5) is 27.4. The minimum atomic E-state index is -0.566. The quantitative estimate of drug-likeness (QED) is 0.884. The van der Waals surface area contributed by atoms with E-state index in [2.05, 4.69) is 5.32 Å². The molecule has 7 heteroatoms. The summed E-state index contributed by atoms with van der Waals surface area (Å²) in [7, 11) is 1.68. The van der Waals surface area contributed by atoms with E-state index >= 15 is 0 Å². The summed E-state index contributed by atoms with van der Waals surface area (Å²) in [5.74, 6) is -0.345. The van der Waals surface area contributed by atoms with Crippen molar-refractivity contribution in [1.82, 2.24) is 10.2 Å². The van der Waals surface area contributed by atoms with Gasteiger partial charge in [0.15, 0.2) is 0 Å². The molecule has 1 aromatic rings. The molecule has 0 spiro atoms. The fourth-order valence-corrected chi connectivity index (χ4v) is 2.38. The maximum atomic E-state index is 12.4. The predicted octanol–water partition coefficient (Wildman–Crippen LogP) is 1.23. The highest BCUT2D eigenvalue weighted by Crippen LogP contribution is 2.14. The van der Waals surface area contributed by atoms with Gasteiger partial charge in [-0.2, -0.15) is 0 Å². The van der Waals surface area contributed by atoms with Gasteiger partial charge < -0.3 is 15.1 Å². The van der Waals surface area contributed by atoms with Gasteiger partial charge in [0.2, 0.25) is 11.8 Å². The molecule has 0 aromatic heterocycles. The molecule has 122 valence electrons. The SMILES string of the molecule is CN(C(=O)CC1NCCN(CCF)C1=O)c1ccccc1.Cl. The number of nitrogens with one attached hydrogen (secondary N) is 1. The zero-order valence-corrected chi connectivity index (χ0v) is 13.3. The van der Waals surface area contributed by atoms with Crippen LogP contribution in [0, 0.1) is 0 Å². The molecule has 0 bridgehead atoms. The van der Waals surface area contributed by atoms with E-state index in [4.69, 9.17) is 0 Å². The number of halogens is 2. The first-order valence-corrected chi connectivity index (χ1v) is 7.03. The highest BCUT2D eigenvalue weighted by molar-refractivity contribution is 5.97. The minimum absolute atomic E-state index is 0. The number of amides is 2. The van der Waals surface area contributed by atoms with E-state index < -0.39 is 12.7 Å². The van der Waals surface area contributed by atoms with Crippen molar-refractivity contribution in [1.29, 1.82) is 0 Å². The fourth-order valence-electron chi connectivity index (χ4n) is 2.38. The number of anilines is 1.